The van der Waals surface area contributed by atoms with Gasteiger partial charge in [-0.25, -0.2) is 0 Å². The summed E-state index contributed by atoms with van der Waals surface area (Å²) in [5.41, 5.74) is 2.21. The molecule has 0 unspecified atom stereocenters. The summed E-state index contributed by atoms with van der Waals surface area (Å²) in [7, 11) is 0. The molecule has 3 aromatic carbocycles. The lowest BCUT2D eigenvalue weighted by Crippen LogP contribution is -2.58. The van der Waals surface area contributed by atoms with E-state index in [1.165, 1.54) is 11.1 Å². The molecule has 0 spiro atoms. The van der Waals surface area contributed by atoms with Crippen molar-refractivity contribution in [3.8, 4) is 11.8 Å². The lowest BCUT2D eigenvalue weighted by molar-refractivity contribution is -0.0749. The summed E-state index contributed by atoms with van der Waals surface area (Å²) >= 11 is 0. The maximum atomic E-state index is 12.2. The first-order valence-corrected chi connectivity index (χ1v) is 11.3. The summed E-state index contributed by atoms with van der Waals surface area (Å²) in [5, 5.41) is 16.1. The number of hydrogen-bond donors (Lipinski definition) is 2. The lowest BCUT2D eigenvalue weighted by Gasteiger charge is -2.51. The SMILES string of the molecule is CCC[C@@H]1[C@H](c2ccccc2)N[C@H](c2ccccc2)[C@@H](C)[C@]1(O)C#Cc1ccccc1. The van der Waals surface area contributed by atoms with Crippen molar-refractivity contribution in [2.24, 2.45) is 11.8 Å². The van der Waals surface area contributed by atoms with Crippen LogP contribution in [0.25, 0.3) is 0 Å². The van der Waals surface area contributed by atoms with Gasteiger partial charge >= 0.3 is 0 Å². The zero-order valence-electron chi connectivity index (χ0n) is 18.3. The van der Waals surface area contributed by atoms with Gasteiger partial charge in [-0.1, -0.05) is 111 Å². The smallest absolute Gasteiger partial charge is 0.134 e. The van der Waals surface area contributed by atoms with E-state index in [1.807, 2.05) is 42.5 Å². The minimum atomic E-state index is -1.11. The van der Waals surface area contributed by atoms with Crippen LogP contribution in [-0.2, 0) is 0 Å². The monoisotopic (exact) mass is 409 g/mol. The van der Waals surface area contributed by atoms with Crippen LogP contribution in [0.4, 0.5) is 0 Å². The van der Waals surface area contributed by atoms with E-state index in [0.717, 1.165) is 18.4 Å². The molecule has 3 aromatic rings. The maximum absolute atomic E-state index is 12.2. The fraction of sp³-hybridized carbons (Fsp3) is 0.310. The van der Waals surface area contributed by atoms with Gasteiger partial charge in [-0.05, 0) is 29.7 Å². The summed E-state index contributed by atoms with van der Waals surface area (Å²) < 4.78 is 0. The van der Waals surface area contributed by atoms with Crippen molar-refractivity contribution in [3.63, 3.8) is 0 Å². The van der Waals surface area contributed by atoms with Crippen LogP contribution in [-0.4, -0.2) is 10.7 Å². The van der Waals surface area contributed by atoms with Crippen LogP contribution in [0, 0.1) is 23.7 Å². The molecule has 0 amide bonds. The van der Waals surface area contributed by atoms with Gasteiger partial charge in [0.25, 0.3) is 0 Å². The van der Waals surface area contributed by atoms with E-state index < -0.39 is 5.60 Å². The van der Waals surface area contributed by atoms with Crippen LogP contribution in [0.1, 0.15) is 55.5 Å². The Kier molecular flexibility index (Phi) is 6.56. The number of benzene rings is 3. The first-order chi connectivity index (χ1) is 15.1. The second-order valence-electron chi connectivity index (χ2n) is 8.57. The van der Waals surface area contributed by atoms with Gasteiger partial charge in [0, 0.05) is 29.5 Å². The number of piperidine rings is 1. The molecule has 0 radical (unpaired) electrons. The third-order valence-corrected chi connectivity index (χ3v) is 6.62. The van der Waals surface area contributed by atoms with Crippen molar-refractivity contribution < 1.29 is 5.11 Å². The van der Waals surface area contributed by atoms with Crippen molar-refractivity contribution in [1.29, 1.82) is 0 Å². The van der Waals surface area contributed by atoms with E-state index in [0.29, 0.717) is 0 Å². The molecular weight excluding hydrogens is 378 g/mol. The molecule has 0 saturated carbocycles. The molecule has 2 nitrogen and oxygen atoms in total. The molecule has 4 rings (SSSR count). The standard InChI is InChI=1S/C29H31NO/c1-3-13-26-28(25-18-11-6-12-19-25)30-27(24-16-9-5-10-17-24)22(2)29(26,31)21-20-23-14-7-4-8-15-23/h4-12,14-19,22,26-28,30-31H,3,13H2,1-2H3/t22-,26-,27+,28+,29-/m1/s1. The number of hydrogen-bond acceptors (Lipinski definition) is 2. The van der Waals surface area contributed by atoms with E-state index >= 15 is 0 Å². The molecule has 1 fully saturated rings. The predicted octanol–water partition coefficient (Wildman–Crippen LogP) is 5.91. The highest BCUT2D eigenvalue weighted by Gasteiger charge is 2.52. The van der Waals surface area contributed by atoms with Crippen molar-refractivity contribution >= 4 is 0 Å². The Labute approximate surface area is 186 Å². The van der Waals surface area contributed by atoms with Gasteiger partial charge in [-0.15, -0.1) is 0 Å². The minimum absolute atomic E-state index is 0.00826. The van der Waals surface area contributed by atoms with Gasteiger partial charge in [0.05, 0.1) is 0 Å². The second kappa shape index (κ2) is 9.52. The van der Waals surface area contributed by atoms with E-state index in [1.54, 1.807) is 0 Å². The number of nitrogens with one attached hydrogen (secondary N) is 1. The summed E-state index contributed by atoms with van der Waals surface area (Å²) in [6.07, 6.45) is 1.89. The van der Waals surface area contributed by atoms with Gasteiger partial charge < -0.3 is 10.4 Å². The Bertz CT molecular complexity index is 1020. The molecule has 1 saturated heterocycles. The van der Waals surface area contributed by atoms with Gasteiger partial charge in [-0.2, -0.15) is 0 Å². The van der Waals surface area contributed by atoms with Gasteiger partial charge in [0.15, 0.2) is 0 Å². The fourth-order valence-electron chi connectivity index (χ4n) is 4.93. The third-order valence-electron chi connectivity index (χ3n) is 6.62. The Morgan fingerprint density at radius 2 is 1.32 bits per heavy atom. The Hall–Kier alpha value is -2.86. The van der Waals surface area contributed by atoms with Gasteiger partial charge in [-0.3, -0.25) is 0 Å². The summed E-state index contributed by atoms with van der Waals surface area (Å²) in [5.74, 6) is 6.58. The van der Waals surface area contributed by atoms with Crippen molar-refractivity contribution in [3.05, 3.63) is 108 Å². The highest BCUT2D eigenvalue weighted by molar-refractivity contribution is 5.39. The van der Waals surface area contributed by atoms with Gasteiger partial charge in [0.1, 0.15) is 5.60 Å². The normalized spacial score (nSPS) is 27.8. The largest absolute Gasteiger partial charge is 0.377 e. The second-order valence-corrected chi connectivity index (χ2v) is 8.57. The van der Waals surface area contributed by atoms with Crippen LogP contribution >= 0.6 is 0 Å². The van der Waals surface area contributed by atoms with E-state index in [2.05, 4.69) is 79.5 Å². The zero-order valence-corrected chi connectivity index (χ0v) is 18.3. The van der Waals surface area contributed by atoms with E-state index in [9.17, 15) is 5.11 Å². The van der Waals surface area contributed by atoms with Crippen LogP contribution in [0.3, 0.4) is 0 Å². The number of rotatable bonds is 4. The molecule has 1 aliphatic heterocycles. The average molecular weight is 410 g/mol. The minimum Gasteiger partial charge on any atom is -0.377 e. The summed E-state index contributed by atoms with van der Waals surface area (Å²) in [6.45, 7) is 4.31. The van der Waals surface area contributed by atoms with E-state index in [4.69, 9.17) is 0 Å². The molecule has 1 aliphatic rings. The molecule has 31 heavy (non-hydrogen) atoms. The molecule has 158 valence electrons. The highest BCUT2D eigenvalue weighted by atomic mass is 16.3. The molecule has 5 atom stereocenters. The van der Waals surface area contributed by atoms with Crippen LogP contribution in [0.5, 0.6) is 0 Å². The summed E-state index contributed by atoms with van der Waals surface area (Å²) in [4.78, 5) is 0. The maximum Gasteiger partial charge on any atom is 0.134 e. The summed E-state index contributed by atoms with van der Waals surface area (Å²) in [6, 6.07) is 30.9. The third kappa shape index (κ3) is 4.44. The molecule has 0 aromatic heterocycles. The molecule has 0 aliphatic carbocycles. The Balaban J connectivity index is 1.82. The van der Waals surface area contributed by atoms with Crippen molar-refractivity contribution in [1.82, 2.24) is 5.32 Å². The topological polar surface area (TPSA) is 32.3 Å². The van der Waals surface area contributed by atoms with Crippen molar-refractivity contribution in [2.75, 3.05) is 0 Å². The molecule has 0 bridgehead atoms. The highest BCUT2D eigenvalue weighted by Crippen LogP contribution is 2.48. The quantitative estimate of drug-likeness (QED) is 0.525. The molecule has 1 heterocycles. The molecule has 2 N–H and O–H groups in total. The molecular formula is C29H31NO. The lowest BCUT2D eigenvalue weighted by atomic mass is 9.64. The van der Waals surface area contributed by atoms with Crippen LogP contribution in [0.2, 0.25) is 0 Å². The average Bonchev–Trinajstić information content (AvgIpc) is 2.83. The van der Waals surface area contributed by atoms with Crippen LogP contribution in [0.15, 0.2) is 91.0 Å². The zero-order chi connectivity index (χ0) is 21.7. The Morgan fingerprint density at radius 1 is 0.806 bits per heavy atom. The first-order valence-electron chi connectivity index (χ1n) is 11.3. The molecule has 2 heteroatoms. The van der Waals surface area contributed by atoms with E-state index in [-0.39, 0.29) is 23.9 Å². The fourth-order valence-corrected chi connectivity index (χ4v) is 4.93. The first kappa shape index (κ1) is 21.4. The van der Waals surface area contributed by atoms with Crippen molar-refractivity contribution in [2.45, 2.75) is 44.4 Å². The predicted molar refractivity (Wildman–Crippen MR) is 127 cm³/mol. The van der Waals surface area contributed by atoms with Gasteiger partial charge in [0.2, 0.25) is 0 Å². The van der Waals surface area contributed by atoms with Crippen LogP contribution < -0.4 is 5.32 Å². The Morgan fingerprint density at radius 3 is 1.87 bits per heavy atom. The number of aliphatic hydroxyl groups is 1.